The van der Waals surface area contributed by atoms with Gasteiger partial charge in [-0.25, -0.2) is 0 Å². The predicted molar refractivity (Wildman–Crippen MR) is 482 cm³/mol. The highest BCUT2D eigenvalue weighted by atomic mass is 15.2. The summed E-state index contributed by atoms with van der Waals surface area (Å²) < 4.78 is 0. The second-order valence-corrected chi connectivity index (χ2v) is 43.7. The summed E-state index contributed by atoms with van der Waals surface area (Å²) in [5.74, 6) is -0.317. The molecule has 2 nitrogen and oxygen atoms in total. The van der Waals surface area contributed by atoms with Gasteiger partial charge in [-0.2, -0.15) is 0 Å². The van der Waals surface area contributed by atoms with Crippen LogP contribution in [0.25, 0.3) is 44.5 Å². The van der Waals surface area contributed by atoms with E-state index in [1.54, 1.807) is 0 Å². The van der Waals surface area contributed by atoms with E-state index in [1.165, 1.54) is 179 Å². The normalized spacial score (nSPS) is 14.6. The molecule has 0 N–H and O–H groups in total. The van der Waals surface area contributed by atoms with Gasteiger partial charge in [-0.05, 0) is 225 Å². The molecule has 1 aliphatic carbocycles. The number of fused-ring (bicyclic) bond motifs is 6. The van der Waals surface area contributed by atoms with Crippen molar-refractivity contribution in [2.45, 2.75) is 280 Å². The molecule has 0 atom stereocenters. The number of hydrogen-bond donors (Lipinski definition) is 0. The molecule has 0 saturated heterocycles. The number of rotatable bonds is 7. The third-order valence-corrected chi connectivity index (χ3v) is 24.7. The molecule has 0 bridgehead atoms. The van der Waals surface area contributed by atoms with E-state index in [4.69, 9.17) is 0 Å². The second kappa shape index (κ2) is 26.8. The Labute approximate surface area is 670 Å². The molecule has 0 aromatic heterocycles. The Kier molecular flexibility index (Phi) is 19.0. The summed E-state index contributed by atoms with van der Waals surface area (Å²) >= 11 is 0. The lowest BCUT2D eigenvalue weighted by Gasteiger charge is -2.48. The minimum absolute atomic E-state index is 0.0418. The molecule has 0 saturated carbocycles. The van der Waals surface area contributed by atoms with Gasteiger partial charge in [0.25, 0.3) is 0 Å². The van der Waals surface area contributed by atoms with Crippen LogP contribution in [0.2, 0.25) is 0 Å². The first-order valence-corrected chi connectivity index (χ1v) is 41.5. The minimum Gasteiger partial charge on any atom is -0.309 e. The van der Waals surface area contributed by atoms with Crippen LogP contribution in [-0.4, -0.2) is 0 Å². The van der Waals surface area contributed by atoms with Crippen molar-refractivity contribution in [3.05, 3.63) is 306 Å². The van der Waals surface area contributed by atoms with Gasteiger partial charge in [-0.1, -0.05) is 378 Å². The van der Waals surface area contributed by atoms with Crippen molar-refractivity contribution in [2.24, 2.45) is 0 Å². The Morgan fingerprint density at radius 3 is 0.829 bits per heavy atom. The van der Waals surface area contributed by atoms with Gasteiger partial charge < -0.3 is 9.80 Å². The van der Waals surface area contributed by atoms with E-state index in [2.05, 4.69) is 424 Å². The van der Waals surface area contributed by atoms with Crippen LogP contribution in [0.4, 0.5) is 34.1 Å². The second-order valence-electron chi connectivity index (χ2n) is 43.7. The van der Waals surface area contributed by atoms with E-state index in [-0.39, 0.29) is 66.0 Å². The molecule has 111 heavy (non-hydrogen) atoms. The molecule has 11 aromatic carbocycles. The van der Waals surface area contributed by atoms with Crippen LogP contribution < -0.4 is 9.80 Å². The van der Waals surface area contributed by atoms with Crippen LogP contribution >= 0.6 is 0 Å². The molecule has 0 radical (unpaired) electrons. The van der Waals surface area contributed by atoms with Crippen LogP contribution in [0.5, 0.6) is 0 Å². The zero-order valence-electron chi connectivity index (χ0n) is 73.4. The Morgan fingerprint density at radius 1 is 0.225 bits per heavy atom. The predicted octanol–water partition coefficient (Wildman–Crippen LogP) is 31.2. The summed E-state index contributed by atoms with van der Waals surface area (Å²) in [6, 6.07) is 84.4. The van der Waals surface area contributed by atoms with E-state index >= 15 is 0 Å². The third-order valence-electron chi connectivity index (χ3n) is 24.7. The van der Waals surface area contributed by atoms with E-state index in [0.29, 0.717) is 0 Å². The van der Waals surface area contributed by atoms with Crippen LogP contribution in [0, 0.1) is 0 Å². The van der Waals surface area contributed by atoms with Crippen molar-refractivity contribution in [3.8, 4) is 44.5 Å². The molecular weight excluding hydrogens is 1340 g/mol. The molecule has 0 unspecified atom stereocenters. The van der Waals surface area contributed by atoms with E-state index in [9.17, 15) is 0 Å². The van der Waals surface area contributed by atoms with Crippen LogP contribution in [0.1, 0.15) is 320 Å². The minimum atomic E-state index is -0.340. The van der Waals surface area contributed by atoms with E-state index in [1.807, 2.05) is 0 Å². The molecule has 3 aliphatic rings. The summed E-state index contributed by atoms with van der Waals surface area (Å²) in [5, 5.41) is 0. The SMILES string of the molecule is CC(C)(C)c1ccc(-c2cc(C(C)(C)C)cc(C(C)(C)C)c2N2c3cc(-c4cc(C(C)(C)C)cc(C(C)(C)C)c4)ccc3C3c4ccc(-c5cc(C(C)(C)C)cc(C(C)(C)C)c5)cc4N(c4c(-c5ccc(C(C)(C)C)cc5)cc(C(C)(C)C)cc4C(C)(C)C)c4cc(C5c6ccccc6Cc6ccccc65)cc2c43)cc1. The van der Waals surface area contributed by atoms with Crippen molar-refractivity contribution >= 4 is 34.1 Å². The van der Waals surface area contributed by atoms with Crippen molar-refractivity contribution in [2.75, 3.05) is 9.80 Å². The van der Waals surface area contributed by atoms with Crippen molar-refractivity contribution in [1.82, 2.24) is 0 Å². The van der Waals surface area contributed by atoms with Gasteiger partial charge in [-0.3, -0.25) is 0 Å². The van der Waals surface area contributed by atoms with Crippen molar-refractivity contribution in [1.29, 1.82) is 0 Å². The number of hydrogen-bond acceptors (Lipinski definition) is 2. The van der Waals surface area contributed by atoms with Gasteiger partial charge in [0.2, 0.25) is 0 Å². The average Bonchev–Trinajstić information content (AvgIpc) is 0.682. The van der Waals surface area contributed by atoms with Crippen LogP contribution in [0.15, 0.2) is 206 Å². The molecule has 0 amide bonds. The molecule has 11 aromatic rings. The highest BCUT2D eigenvalue weighted by Crippen LogP contribution is 2.66. The fourth-order valence-corrected chi connectivity index (χ4v) is 17.5. The topological polar surface area (TPSA) is 6.48 Å². The maximum absolute atomic E-state index is 2.85. The zero-order chi connectivity index (χ0) is 80.5. The van der Waals surface area contributed by atoms with Crippen LogP contribution in [-0.2, 0) is 60.6 Å². The number of anilines is 6. The molecule has 0 fully saturated rings. The fourth-order valence-electron chi connectivity index (χ4n) is 17.5. The van der Waals surface area contributed by atoms with Crippen LogP contribution in [0.3, 0.4) is 0 Å². The lowest BCUT2D eigenvalue weighted by atomic mass is 9.70. The van der Waals surface area contributed by atoms with Crippen molar-refractivity contribution in [3.63, 3.8) is 0 Å². The lowest BCUT2D eigenvalue weighted by molar-refractivity contribution is 0.568. The lowest BCUT2D eigenvalue weighted by Crippen LogP contribution is -2.32. The largest absolute Gasteiger partial charge is 0.309 e. The smallest absolute Gasteiger partial charge is 0.0577 e. The van der Waals surface area contributed by atoms with Gasteiger partial charge >= 0.3 is 0 Å². The summed E-state index contributed by atoms with van der Waals surface area (Å²) in [7, 11) is 0. The summed E-state index contributed by atoms with van der Waals surface area (Å²) in [6.45, 7) is 71.8. The highest BCUT2D eigenvalue weighted by molar-refractivity contribution is 6.04. The molecule has 2 heterocycles. The molecule has 2 aliphatic heterocycles. The molecule has 0 spiro atoms. The van der Waals surface area contributed by atoms with Gasteiger partial charge in [0.1, 0.15) is 0 Å². The van der Waals surface area contributed by atoms with Gasteiger partial charge in [-0.15, -0.1) is 0 Å². The molecule has 2 heteroatoms. The Morgan fingerprint density at radius 2 is 0.523 bits per heavy atom. The first kappa shape index (κ1) is 78.7. The maximum atomic E-state index is 2.85. The third kappa shape index (κ3) is 14.8. The monoisotopic (exact) mass is 1470 g/mol. The Balaban J connectivity index is 1.24. The Bertz CT molecular complexity index is 5050. The molecular formula is C109H128N2. The van der Waals surface area contributed by atoms with Crippen molar-refractivity contribution < 1.29 is 0 Å². The van der Waals surface area contributed by atoms with Gasteiger partial charge in [0.05, 0.1) is 34.1 Å². The fraction of sp³-hybridized carbons (Fsp3) is 0.394. The zero-order valence-corrected chi connectivity index (χ0v) is 73.4. The first-order chi connectivity index (χ1) is 51.3. The average molecular weight is 1470 g/mol. The number of benzene rings is 11. The first-order valence-electron chi connectivity index (χ1n) is 41.5. The summed E-state index contributed by atoms with van der Waals surface area (Å²) in [5.41, 5.74) is 39.5. The van der Waals surface area contributed by atoms with Gasteiger partial charge in [0, 0.05) is 28.5 Å². The summed E-state index contributed by atoms with van der Waals surface area (Å²) in [6.07, 6.45) is 0.882. The standard InChI is InChI=1S/C109H128N2/c1-100(2,3)75-45-39-66(40-46-75)87-62-81(106(19,20)21)64-89(108(25,26)27)98(87)110-91-56-68(72-52-77(102(7,8)9)60-78(53-72)103(10,11)12)43-49-85(91)96-86-50-44-69(73-54-79(104(13,14)15)61-80(55-73)105(16,17)18)57-92(86)111(94-59-74(58-93(110)97(94)96)95-83-37-33-31-35-70(83)51-71-36-32-34-38-84(71)95)99-88(67-41-47-76(48-42-67)101(4,5)6)63-82(107(22,23)24)65-90(99)109(28,29)30/h31-50,52-65,95-96H,51H2,1-30H3. The quantitative estimate of drug-likeness (QED) is 0.157. The number of nitrogens with zero attached hydrogens (tertiary/aromatic N) is 2. The molecule has 574 valence electrons. The van der Waals surface area contributed by atoms with Gasteiger partial charge in [0.15, 0.2) is 0 Å². The highest BCUT2D eigenvalue weighted by Gasteiger charge is 2.47. The maximum Gasteiger partial charge on any atom is 0.0577 e. The summed E-state index contributed by atoms with van der Waals surface area (Å²) in [4.78, 5) is 5.69. The molecule has 14 rings (SSSR count). The Hall–Kier alpha value is -8.98. The van der Waals surface area contributed by atoms with E-state index < -0.39 is 0 Å². The van der Waals surface area contributed by atoms with E-state index in [0.717, 1.165) is 6.42 Å².